The molecular formula is C21H26N2O5S. The molecule has 0 saturated carbocycles. The number of anilines is 2. The molecule has 2 aromatic rings. The van der Waals surface area contributed by atoms with Crippen LogP contribution in [0, 0.1) is 0 Å². The maximum atomic E-state index is 12.7. The van der Waals surface area contributed by atoms with Crippen LogP contribution in [0.25, 0.3) is 0 Å². The predicted octanol–water partition coefficient (Wildman–Crippen LogP) is 4.17. The van der Waals surface area contributed by atoms with Crippen molar-refractivity contribution in [2.75, 3.05) is 23.3 Å². The van der Waals surface area contributed by atoms with Gasteiger partial charge in [0.15, 0.2) is 11.5 Å². The van der Waals surface area contributed by atoms with Crippen LogP contribution >= 0.6 is 0 Å². The molecule has 0 saturated heterocycles. The van der Waals surface area contributed by atoms with Gasteiger partial charge >= 0.3 is 0 Å². The van der Waals surface area contributed by atoms with Gasteiger partial charge in [-0.25, -0.2) is 8.42 Å². The van der Waals surface area contributed by atoms with Gasteiger partial charge in [-0.15, -0.1) is 0 Å². The minimum atomic E-state index is -3.78. The zero-order valence-electron chi connectivity index (χ0n) is 16.4. The summed E-state index contributed by atoms with van der Waals surface area (Å²) in [5, 5.41) is 2.82. The Morgan fingerprint density at radius 3 is 2.38 bits per heavy atom. The van der Waals surface area contributed by atoms with Crippen molar-refractivity contribution in [2.45, 2.75) is 43.9 Å². The van der Waals surface area contributed by atoms with Crippen LogP contribution in [0.2, 0.25) is 0 Å². The molecule has 8 heteroatoms. The average molecular weight is 419 g/mol. The number of nitrogens with one attached hydrogen (secondary N) is 2. The standard InChI is InChI=1S/C21H26N2O5S/c1-2-3-4-6-21(24)22-16-7-9-17(10-8-16)23-29(25,26)18-11-12-19-20(15-18)28-14-5-13-27-19/h7-12,15,23H,2-6,13-14H2,1H3,(H,22,24). The highest BCUT2D eigenvalue weighted by atomic mass is 32.2. The quantitative estimate of drug-likeness (QED) is 0.628. The molecule has 0 radical (unpaired) electrons. The highest BCUT2D eigenvalue weighted by Gasteiger charge is 2.19. The molecule has 1 aliphatic rings. The van der Waals surface area contributed by atoms with Gasteiger partial charge in [0.25, 0.3) is 10.0 Å². The van der Waals surface area contributed by atoms with Gasteiger partial charge in [0, 0.05) is 30.3 Å². The molecule has 1 aliphatic heterocycles. The minimum absolute atomic E-state index is 0.0426. The Hall–Kier alpha value is -2.74. The Morgan fingerprint density at radius 2 is 1.66 bits per heavy atom. The van der Waals surface area contributed by atoms with E-state index in [-0.39, 0.29) is 10.8 Å². The number of hydrogen-bond donors (Lipinski definition) is 2. The lowest BCUT2D eigenvalue weighted by Gasteiger charge is -2.12. The topological polar surface area (TPSA) is 93.7 Å². The number of hydrogen-bond acceptors (Lipinski definition) is 5. The van der Waals surface area contributed by atoms with Crippen LogP contribution in [-0.4, -0.2) is 27.5 Å². The Balaban J connectivity index is 1.64. The highest BCUT2D eigenvalue weighted by Crippen LogP contribution is 2.32. The van der Waals surface area contributed by atoms with Gasteiger partial charge in [-0.05, 0) is 42.8 Å². The summed E-state index contributed by atoms with van der Waals surface area (Å²) in [7, 11) is -3.78. The molecule has 3 rings (SSSR count). The molecule has 29 heavy (non-hydrogen) atoms. The normalized spacial score (nSPS) is 13.4. The first-order valence-corrected chi connectivity index (χ1v) is 11.3. The van der Waals surface area contributed by atoms with Gasteiger partial charge in [-0.2, -0.15) is 0 Å². The molecule has 0 atom stereocenters. The summed E-state index contributed by atoms with van der Waals surface area (Å²) >= 11 is 0. The summed E-state index contributed by atoms with van der Waals surface area (Å²) in [6.45, 7) is 3.11. The first kappa shape index (κ1) is 21.0. The van der Waals surface area contributed by atoms with Crippen molar-refractivity contribution in [3.8, 4) is 11.5 Å². The molecular weight excluding hydrogens is 392 g/mol. The number of unbranched alkanes of at least 4 members (excludes halogenated alkanes) is 2. The highest BCUT2D eigenvalue weighted by molar-refractivity contribution is 7.92. The largest absolute Gasteiger partial charge is 0.490 e. The molecule has 1 amide bonds. The lowest BCUT2D eigenvalue weighted by atomic mass is 10.2. The second-order valence-electron chi connectivity index (χ2n) is 6.85. The molecule has 0 unspecified atom stereocenters. The van der Waals surface area contributed by atoms with E-state index in [0.29, 0.717) is 42.5 Å². The SMILES string of the molecule is CCCCCC(=O)Nc1ccc(NS(=O)(=O)c2ccc3c(c2)OCCCO3)cc1. The van der Waals surface area contributed by atoms with Crippen molar-refractivity contribution in [3.63, 3.8) is 0 Å². The zero-order valence-corrected chi connectivity index (χ0v) is 17.3. The van der Waals surface area contributed by atoms with Crippen LogP contribution < -0.4 is 19.5 Å². The number of rotatable bonds is 8. The summed E-state index contributed by atoms with van der Waals surface area (Å²) in [6.07, 6.45) is 4.16. The van der Waals surface area contributed by atoms with E-state index >= 15 is 0 Å². The van der Waals surface area contributed by atoms with E-state index in [4.69, 9.17) is 9.47 Å². The molecule has 0 fully saturated rings. The van der Waals surface area contributed by atoms with Crippen molar-refractivity contribution < 1.29 is 22.7 Å². The van der Waals surface area contributed by atoms with Gasteiger partial charge in [-0.3, -0.25) is 9.52 Å². The third kappa shape index (κ3) is 5.87. The fraction of sp³-hybridized carbons (Fsp3) is 0.381. The molecule has 1 heterocycles. The number of ether oxygens (including phenoxy) is 2. The summed E-state index contributed by atoms with van der Waals surface area (Å²) in [6, 6.07) is 11.1. The first-order valence-electron chi connectivity index (χ1n) is 9.80. The predicted molar refractivity (Wildman–Crippen MR) is 112 cm³/mol. The van der Waals surface area contributed by atoms with E-state index < -0.39 is 10.0 Å². The van der Waals surface area contributed by atoms with Gasteiger partial charge in [0.2, 0.25) is 5.91 Å². The van der Waals surface area contributed by atoms with E-state index in [2.05, 4.69) is 17.0 Å². The van der Waals surface area contributed by atoms with Crippen LogP contribution in [0.4, 0.5) is 11.4 Å². The first-order chi connectivity index (χ1) is 14.0. The van der Waals surface area contributed by atoms with Crippen LogP contribution in [-0.2, 0) is 14.8 Å². The van der Waals surface area contributed by atoms with Crippen LogP contribution in [0.15, 0.2) is 47.4 Å². The summed E-state index contributed by atoms with van der Waals surface area (Å²) < 4.78 is 39.1. The van der Waals surface area contributed by atoms with Gasteiger partial charge in [-0.1, -0.05) is 19.8 Å². The molecule has 0 spiro atoms. The van der Waals surface area contributed by atoms with Gasteiger partial charge < -0.3 is 14.8 Å². The Bertz CT molecular complexity index is 942. The van der Waals surface area contributed by atoms with Crippen LogP contribution in [0.3, 0.4) is 0 Å². The van der Waals surface area contributed by atoms with Crippen molar-refractivity contribution in [3.05, 3.63) is 42.5 Å². The zero-order chi connectivity index (χ0) is 20.7. The van der Waals surface area contributed by atoms with Crippen molar-refractivity contribution in [1.29, 1.82) is 0 Å². The lowest BCUT2D eigenvalue weighted by molar-refractivity contribution is -0.116. The maximum absolute atomic E-state index is 12.7. The fourth-order valence-corrected chi connectivity index (χ4v) is 3.98. The number of fused-ring (bicyclic) bond motifs is 1. The maximum Gasteiger partial charge on any atom is 0.262 e. The number of benzene rings is 2. The third-order valence-corrected chi connectivity index (χ3v) is 5.84. The van der Waals surface area contributed by atoms with Crippen molar-refractivity contribution in [1.82, 2.24) is 0 Å². The average Bonchev–Trinajstić information content (AvgIpc) is 2.94. The van der Waals surface area contributed by atoms with Gasteiger partial charge in [0.05, 0.1) is 18.1 Å². The van der Waals surface area contributed by atoms with E-state index in [0.717, 1.165) is 25.7 Å². The Morgan fingerprint density at radius 1 is 0.966 bits per heavy atom. The molecule has 0 bridgehead atoms. The number of sulfonamides is 1. The Labute approximate surface area is 171 Å². The number of carbonyl (C=O) groups excluding carboxylic acids is 1. The number of carbonyl (C=O) groups is 1. The van der Waals surface area contributed by atoms with Gasteiger partial charge in [0.1, 0.15) is 0 Å². The molecule has 7 nitrogen and oxygen atoms in total. The summed E-state index contributed by atoms with van der Waals surface area (Å²) in [4.78, 5) is 12.0. The van der Waals surface area contributed by atoms with Crippen molar-refractivity contribution in [2.24, 2.45) is 0 Å². The molecule has 156 valence electrons. The number of amides is 1. The molecule has 2 N–H and O–H groups in total. The smallest absolute Gasteiger partial charge is 0.262 e. The molecule has 0 aliphatic carbocycles. The molecule has 0 aromatic heterocycles. The minimum Gasteiger partial charge on any atom is -0.490 e. The fourth-order valence-electron chi connectivity index (χ4n) is 2.91. The summed E-state index contributed by atoms with van der Waals surface area (Å²) in [5.74, 6) is 0.922. The van der Waals surface area contributed by atoms with E-state index in [9.17, 15) is 13.2 Å². The molecule has 2 aromatic carbocycles. The van der Waals surface area contributed by atoms with E-state index in [1.54, 1.807) is 30.3 Å². The Kier molecular flexibility index (Phi) is 6.98. The monoisotopic (exact) mass is 418 g/mol. The lowest BCUT2D eigenvalue weighted by Crippen LogP contribution is -2.14. The van der Waals surface area contributed by atoms with E-state index in [1.165, 1.54) is 12.1 Å². The third-order valence-electron chi connectivity index (χ3n) is 4.46. The van der Waals surface area contributed by atoms with Crippen LogP contribution in [0.1, 0.15) is 39.0 Å². The van der Waals surface area contributed by atoms with Crippen molar-refractivity contribution >= 4 is 27.3 Å². The second-order valence-corrected chi connectivity index (χ2v) is 8.53. The second kappa shape index (κ2) is 9.65. The van der Waals surface area contributed by atoms with Crippen LogP contribution in [0.5, 0.6) is 11.5 Å². The van der Waals surface area contributed by atoms with E-state index in [1.807, 2.05) is 0 Å². The summed E-state index contributed by atoms with van der Waals surface area (Å²) in [5.41, 5.74) is 1.03.